The van der Waals surface area contributed by atoms with Crippen molar-refractivity contribution in [2.45, 2.75) is 413 Å². The largest absolute Gasteiger partial charge is 0.472 e. The molecule has 19 heteroatoms. The van der Waals surface area contributed by atoms with E-state index in [0.29, 0.717) is 25.7 Å². The monoisotopic (exact) mass is 1400 g/mol. The van der Waals surface area contributed by atoms with Crippen molar-refractivity contribution in [3.8, 4) is 0 Å². The van der Waals surface area contributed by atoms with Crippen molar-refractivity contribution in [1.29, 1.82) is 0 Å². The summed E-state index contributed by atoms with van der Waals surface area (Å²) >= 11 is 0. The molecule has 0 rings (SSSR count). The molecule has 0 aromatic heterocycles. The predicted molar refractivity (Wildman–Crippen MR) is 386 cm³/mol. The first-order chi connectivity index (χ1) is 45.9. The predicted octanol–water partition coefficient (Wildman–Crippen LogP) is 22.3. The average molecular weight is 1400 g/mol. The first kappa shape index (κ1) is 93.1. The van der Waals surface area contributed by atoms with E-state index in [1.165, 1.54) is 212 Å². The van der Waals surface area contributed by atoms with Crippen molar-refractivity contribution in [3.05, 3.63) is 0 Å². The lowest BCUT2D eigenvalue weighted by Crippen LogP contribution is -2.30. The van der Waals surface area contributed by atoms with Crippen molar-refractivity contribution >= 4 is 39.5 Å². The smallest absolute Gasteiger partial charge is 0.462 e. The van der Waals surface area contributed by atoms with Crippen molar-refractivity contribution in [2.75, 3.05) is 39.6 Å². The van der Waals surface area contributed by atoms with Crippen LogP contribution in [-0.4, -0.2) is 96.7 Å². The zero-order valence-electron chi connectivity index (χ0n) is 62.0. The first-order valence-corrected chi connectivity index (χ1v) is 42.5. The minimum atomic E-state index is -4.96. The Morgan fingerprint density at radius 2 is 0.484 bits per heavy atom. The lowest BCUT2D eigenvalue weighted by Gasteiger charge is -2.21. The zero-order chi connectivity index (χ0) is 70.0. The van der Waals surface area contributed by atoms with E-state index in [9.17, 15) is 43.2 Å². The van der Waals surface area contributed by atoms with Crippen LogP contribution in [0.3, 0.4) is 0 Å². The molecule has 0 aromatic rings. The number of ether oxygens (including phenoxy) is 4. The van der Waals surface area contributed by atoms with Gasteiger partial charge in [-0.05, 0) is 37.5 Å². The molecule has 0 radical (unpaired) electrons. The van der Waals surface area contributed by atoms with E-state index in [4.69, 9.17) is 37.0 Å². The second-order valence-electron chi connectivity index (χ2n) is 28.3. The number of carbonyl (C=O) groups excluding carboxylic acids is 4. The third kappa shape index (κ3) is 70.3. The van der Waals surface area contributed by atoms with E-state index in [-0.39, 0.29) is 25.7 Å². The van der Waals surface area contributed by atoms with E-state index in [1.54, 1.807) is 0 Å². The number of esters is 4. The van der Waals surface area contributed by atoms with Crippen molar-refractivity contribution in [2.24, 2.45) is 11.8 Å². The molecular formula is C76H148O17P2. The third-order valence-corrected chi connectivity index (χ3v) is 19.6. The molecule has 0 heterocycles. The van der Waals surface area contributed by atoms with Gasteiger partial charge in [-0.15, -0.1) is 0 Å². The molecule has 0 aliphatic rings. The molecule has 3 N–H and O–H groups in total. The highest BCUT2D eigenvalue weighted by atomic mass is 31.2. The summed E-state index contributed by atoms with van der Waals surface area (Å²) in [5.74, 6) is -0.594. The highest BCUT2D eigenvalue weighted by Gasteiger charge is 2.30. The van der Waals surface area contributed by atoms with E-state index in [0.717, 1.165) is 102 Å². The van der Waals surface area contributed by atoms with Gasteiger partial charge in [-0.2, -0.15) is 0 Å². The van der Waals surface area contributed by atoms with Gasteiger partial charge in [-0.25, -0.2) is 9.13 Å². The molecule has 0 fully saturated rings. The van der Waals surface area contributed by atoms with Crippen molar-refractivity contribution in [1.82, 2.24) is 0 Å². The summed E-state index contributed by atoms with van der Waals surface area (Å²) in [6.07, 6.45) is 55.4. The third-order valence-electron chi connectivity index (χ3n) is 17.7. The van der Waals surface area contributed by atoms with E-state index in [1.807, 2.05) is 0 Å². The molecule has 2 unspecified atom stereocenters. The van der Waals surface area contributed by atoms with Gasteiger partial charge < -0.3 is 33.8 Å². The summed E-state index contributed by atoms with van der Waals surface area (Å²) in [7, 11) is -9.91. The summed E-state index contributed by atoms with van der Waals surface area (Å²) in [5, 5.41) is 10.6. The number of hydrogen-bond acceptors (Lipinski definition) is 15. The van der Waals surface area contributed by atoms with Crippen LogP contribution in [0.1, 0.15) is 395 Å². The van der Waals surface area contributed by atoms with E-state index < -0.39 is 97.5 Å². The van der Waals surface area contributed by atoms with Gasteiger partial charge in [0.1, 0.15) is 19.3 Å². The van der Waals surface area contributed by atoms with Crippen LogP contribution < -0.4 is 0 Å². The molecule has 0 aliphatic heterocycles. The maximum absolute atomic E-state index is 13.1. The van der Waals surface area contributed by atoms with Gasteiger partial charge >= 0.3 is 39.5 Å². The van der Waals surface area contributed by atoms with Crippen molar-refractivity contribution < 1.29 is 80.2 Å². The second-order valence-corrected chi connectivity index (χ2v) is 31.3. The number of carbonyl (C=O) groups is 4. The van der Waals surface area contributed by atoms with Gasteiger partial charge in [-0.1, -0.05) is 343 Å². The average Bonchev–Trinajstić information content (AvgIpc) is 1.64. The normalized spacial score (nSPS) is 14.0. The molecular weight excluding hydrogens is 1250 g/mol. The standard InChI is InChI=1S/C76H148O17P2/c1-7-9-11-13-15-17-19-20-22-26-30-34-41-47-53-59-74(79)87-64-71(92-75(80)60-54-48-42-35-31-27-24-21-23-25-29-32-38-44-50-56-68(3)4)66-90-94(82,83)88-62-70(77)63-89-95(84,85)91-67-72(93-76(81)61-55-49-43-37-36-39-45-51-57-69(5)6)65-86-73(78)58-52-46-40-33-28-18-16-14-12-10-8-2/h68-72,77H,7-67H2,1-6H3,(H,82,83)(H,84,85)/t70-,71-,72-/m1/s1. The van der Waals surface area contributed by atoms with Crippen molar-refractivity contribution in [3.63, 3.8) is 0 Å². The fourth-order valence-corrected chi connectivity index (χ4v) is 13.2. The SMILES string of the molecule is CCCCCCCCCCCCCCCCCC(=O)OC[C@H](COP(=O)(O)OC[C@@H](O)COP(=O)(O)OC[C@@H](COC(=O)CCCCCCCCCCCCC)OC(=O)CCCCCCCCCCC(C)C)OC(=O)CCCCCCCCCCCCCCCCCC(C)C. The molecule has 0 saturated heterocycles. The van der Waals surface area contributed by atoms with Crippen LogP contribution in [0.25, 0.3) is 0 Å². The van der Waals surface area contributed by atoms with E-state index in [2.05, 4.69) is 41.5 Å². The Bertz CT molecular complexity index is 1840. The highest BCUT2D eigenvalue weighted by molar-refractivity contribution is 7.47. The molecule has 0 amide bonds. The summed E-state index contributed by atoms with van der Waals surface area (Å²) in [6, 6.07) is 0. The summed E-state index contributed by atoms with van der Waals surface area (Å²) in [5.41, 5.74) is 0. The number of rotatable bonds is 75. The molecule has 95 heavy (non-hydrogen) atoms. The first-order valence-electron chi connectivity index (χ1n) is 39.5. The van der Waals surface area contributed by atoms with Gasteiger partial charge in [0.25, 0.3) is 0 Å². The van der Waals surface area contributed by atoms with Crippen LogP contribution >= 0.6 is 15.6 Å². The summed E-state index contributed by atoms with van der Waals surface area (Å²) < 4.78 is 68.5. The van der Waals surface area contributed by atoms with Gasteiger partial charge in [0.2, 0.25) is 0 Å². The van der Waals surface area contributed by atoms with Crippen LogP contribution in [0.15, 0.2) is 0 Å². The van der Waals surface area contributed by atoms with Gasteiger partial charge in [0.05, 0.1) is 26.4 Å². The Hall–Kier alpha value is -1.94. The Morgan fingerprint density at radius 3 is 0.716 bits per heavy atom. The van der Waals surface area contributed by atoms with Gasteiger partial charge in [0.15, 0.2) is 12.2 Å². The molecule has 0 bridgehead atoms. The van der Waals surface area contributed by atoms with Crippen LogP contribution in [-0.2, 0) is 65.4 Å². The molecule has 17 nitrogen and oxygen atoms in total. The molecule has 0 aromatic carbocycles. The highest BCUT2D eigenvalue weighted by Crippen LogP contribution is 2.45. The van der Waals surface area contributed by atoms with Gasteiger partial charge in [-0.3, -0.25) is 37.3 Å². The molecule has 0 spiro atoms. The summed E-state index contributed by atoms with van der Waals surface area (Å²) in [4.78, 5) is 72.8. The van der Waals surface area contributed by atoms with Crippen LogP contribution in [0.5, 0.6) is 0 Å². The fraction of sp³-hybridized carbons (Fsp3) is 0.947. The number of hydrogen-bond donors (Lipinski definition) is 3. The lowest BCUT2D eigenvalue weighted by molar-refractivity contribution is -0.161. The number of phosphoric acid groups is 2. The topological polar surface area (TPSA) is 237 Å². The Labute approximate surface area is 581 Å². The fourth-order valence-electron chi connectivity index (χ4n) is 11.7. The maximum Gasteiger partial charge on any atom is 0.472 e. The van der Waals surface area contributed by atoms with Gasteiger partial charge in [0, 0.05) is 25.7 Å². The Kier molecular flexibility index (Phi) is 66.5. The molecule has 5 atom stereocenters. The summed E-state index contributed by atoms with van der Waals surface area (Å²) in [6.45, 7) is 9.58. The molecule has 564 valence electrons. The number of aliphatic hydroxyl groups is 1. The Balaban J connectivity index is 5.24. The lowest BCUT2D eigenvalue weighted by atomic mass is 10.0. The molecule has 0 aliphatic carbocycles. The maximum atomic E-state index is 13.1. The number of unbranched alkanes of at least 4 members (excludes halogenated alkanes) is 45. The molecule has 0 saturated carbocycles. The van der Waals surface area contributed by atoms with Crippen LogP contribution in [0.4, 0.5) is 0 Å². The number of aliphatic hydroxyl groups excluding tert-OH is 1. The zero-order valence-corrected chi connectivity index (χ0v) is 63.8. The van der Waals surface area contributed by atoms with Crippen LogP contribution in [0, 0.1) is 11.8 Å². The van der Waals surface area contributed by atoms with Crippen LogP contribution in [0.2, 0.25) is 0 Å². The quantitative estimate of drug-likeness (QED) is 0.0222. The Morgan fingerprint density at radius 1 is 0.284 bits per heavy atom. The minimum Gasteiger partial charge on any atom is -0.462 e. The second kappa shape index (κ2) is 67.9. The minimum absolute atomic E-state index is 0.105. The van der Waals surface area contributed by atoms with E-state index >= 15 is 0 Å². The number of phosphoric ester groups is 2.